The van der Waals surface area contributed by atoms with E-state index in [2.05, 4.69) is 28.8 Å². The van der Waals surface area contributed by atoms with Crippen LogP contribution in [0, 0.1) is 0 Å². The zero-order valence-corrected chi connectivity index (χ0v) is 11.0. The monoisotopic (exact) mass is 240 g/mol. The number of nitrogens with one attached hydrogen (secondary N) is 1. The van der Waals surface area contributed by atoms with Crippen LogP contribution in [-0.2, 0) is 11.3 Å². The summed E-state index contributed by atoms with van der Waals surface area (Å²) in [6, 6.07) is -0.0542. The number of ether oxygens (including phenoxy) is 1. The molecular weight excluding hydrogens is 216 g/mol. The maximum Gasteiger partial charge on any atom is 0.129 e. The van der Waals surface area contributed by atoms with Crippen LogP contribution in [0.3, 0.4) is 0 Å². The van der Waals surface area contributed by atoms with E-state index in [4.69, 9.17) is 10.6 Å². The predicted octanol–water partition coefficient (Wildman–Crippen LogP) is 1.61. The lowest BCUT2D eigenvalue weighted by atomic mass is 10.1. The fraction of sp³-hybridized carbons (Fsp3) is 0.750. The molecule has 2 unspecified atom stereocenters. The lowest BCUT2D eigenvalue weighted by molar-refractivity contribution is 0.0567. The smallest absolute Gasteiger partial charge is 0.129 e. The Morgan fingerprint density at radius 2 is 2.24 bits per heavy atom. The zero-order valence-electron chi connectivity index (χ0n) is 11.0. The first-order valence-electron chi connectivity index (χ1n) is 6.28. The van der Waals surface area contributed by atoms with Gasteiger partial charge in [0.1, 0.15) is 11.9 Å². The molecule has 1 aromatic rings. The van der Waals surface area contributed by atoms with E-state index >= 15 is 0 Å². The number of imidazole rings is 1. The van der Waals surface area contributed by atoms with Crippen LogP contribution in [0.15, 0.2) is 12.4 Å². The molecule has 0 aliphatic rings. The lowest BCUT2D eigenvalue weighted by Crippen LogP contribution is -2.39. The van der Waals surface area contributed by atoms with E-state index in [1.807, 2.05) is 12.4 Å². The number of hydrogen-bond acceptors (Lipinski definition) is 4. The van der Waals surface area contributed by atoms with E-state index in [0.717, 1.165) is 31.6 Å². The Kier molecular flexibility index (Phi) is 6.18. The summed E-state index contributed by atoms with van der Waals surface area (Å²) in [6.07, 6.45) is 6.96. The number of rotatable bonds is 8. The highest BCUT2D eigenvalue weighted by molar-refractivity contribution is 5.02. The van der Waals surface area contributed by atoms with Gasteiger partial charge in [0, 0.05) is 26.0 Å². The predicted molar refractivity (Wildman–Crippen MR) is 68.3 cm³/mol. The maximum absolute atomic E-state index is 5.65. The molecule has 1 heterocycles. The van der Waals surface area contributed by atoms with Crippen molar-refractivity contribution in [1.82, 2.24) is 15.0 Å². The third-order valence-electron chi connectivity index (χ3n) is 2.92. The van der Waals surface area contributed by atoms with E-state index in [9.17, 15) is 0 Å². The van der Waals surface area contributed by atoms with Crippen LogP contribution in [0.2, 0.25) is 0 Å². The minimum Gasteiger partial charge on any atom is -0.379 e. The highest BCUT2D eigenvalue weighted by atomic mass is 16.5. The van der Waals surface area contributed by atoms with Crippen LogP contribution in [0.25, 0.3) is 0 Å². The highest BCUT2D eigenvalue weighted by Gasteiger charge is 2.24. The number of hydrogen-bond donors (Lipinski definition) is 2. The molecule has 1 aromatic heterocycles. The third kappa shape index (κ3) is 3.52. The summed E-state index contributed by atoms with van der Waals surface area (Å²) >= 11 is 0. The number of nitrogens with zero attached hydrogens (tertiary/aromatic N) is 2. The first kappa shape index (κ1) is 14.2. The van der Waals surface area contributed by atoms with Gasteiger partial charge in [0.25, 0.3) is 0 Å². The fourth-order valence-electron chi connectivity index (χ4n) is 2.08. The molecule has 3 N–H and O–H groups in total. The van der Waals surface area contributed by atoms with Crippen molar-refractivity contribution in [1.29, 1.82) is 0 Å². The fourth-order valence-corrected chi connectivity index (χ4v) is 2.08. The van der Waals surface area contributed by atoms with Crippen LogP contribution >= 0.6 is 0 Å². The number of methoxy groups -OCH3 is 1. The van der Waals surface area contributed by atoms with Crippen molar-refractivity contribution in [2.75, 3.05) is 7.11 Å². The van der Waals surface area contributed by atoms with Gasteiger partial charge in [0.2, 0.25) is 0 Å². The average Bonchev–Trinajstić information content (AvgIpc) is 2.78. The van der Waals surface area contributed by atoms with Crippen LogP contribution in [0.5, 0.6) is 0 Å². The highest BCUT2D eigenvalue weighted by Crippen LogP contribution is 2.20. The minimum absolute atomic E-state index is 0.0542. The molecule has 0 saturated carbocycles. The van der Waals surface area contributed by atoms with Crippen LogP contribution in [-0.4, -0.2) is 22.8 Å². The number of nitrogens with two attached hydrogens (primary N) is 1. The number of aromatic nitrogens is 2. The SMILES string of the molecule is CCCC(OC)C(NN)c1nccn1CCC. The van der Waals surface area contributed by atoms with Crippen molar-refractivity contribution in [3.63, 3.8) is 0 Å². The summed E-state index contributed by atoms with van der Waals surface area (Å²) in [4.78, 5) is 4.40. The van der Waals surface area contributed by atoms with Crippen LogP contribution < -0.4 is 11.3 Å². The van der Waals surface area contributed by atoms with Gasteiger partial charge in [-0.1, -0.05) is 20.3 Å². The Balaban J connectivity index is 2.86. The van der Waals surface area contributed by atoms with Crippen molar-refractivity contribution in [2.45, 2.75) is 51.8 Å². The zero-order chi connectivity index (χ0) is 12.7. The van der Waals surface area contributed by atoms with Gasteiger partial charge < -0.3 is 9.30 Å². The molecule has 1 rings (SSSR count). The Labute approximate surface area is 103 Å². The van der Waals surface area contributed by atoms with Crippen LogP contribution in [0.4, 0.5) is 0 Å². The second-order valence-corrected chi connectivity index (χ2v) is 4.19. The van der Waals surface area contributed by atoms with Crippen molar-refractivity contribution in [3.8, 4) is 0 Å². The lowest BCUT2D eigenvalue weighted by Gasteiger charge is -2.25. The summed E-state index contributed by atoms with van der Waals surface area (Å²) in [5.41, 5.74) is 2.83. The molecule has 17 heavy (non-hydrogen) atoms. The standard InChI is InChI=1S/C12H24N4O/c1-4-6-10(17-3)11(15-13)12-14-7-9-16(12)8-5-2/h7,9-11,15H,4-6,8,13H2,1-3H3. The van der Waals surface area contributed by atoms with Gasteiger partial charge in [-0.25, -0.2) is 10.4 Å². The van der Waals surface area contributed by atoms with Crippen molar-refractivity contribution >= 4 is 0 Å². The van der Waals surface area contributed by atoms with Crippen LogP contribution in [0.1, 0.15) is 45.0 Å². The molecule has 0 bridgehead atoms. The third-order valence-corrected chi connectivity index (χ3v) is 2.92. The molecule has 2 atom stereocenters. The van der Waals surface area contributed by atoms with Gasteiger partial charge in [-0.05, 0) is 12.8 Å². The molecule has 0 aliphatic carbocycles. The van der Waals surface area contributed by atoms with Gasteiger partial charge in [-0.2, -0.15) is 0 Å². The molecule has 5 nitrogen and oxygen atoms in total. The molecule has 0 aromatic carbocycles. The second kappa shape index (κ2) is 7.42. The van der Waals surface area contributed by atoms with Gasteiger partial charge in [0.15, 0.2) is 0 Å². The van der Waals surface area contributed by atoms with Gasteiger partial charge in [-0.15, -0.1) is 0 Å². The molecule has 5 heteroatoms. The average molecular weight is 240 g/mol. The number of aryl methyl sites for hydroxylation is 1. The maximum atomic E-state index is 5.65. The molecule has 98 valence electrons. The Bertz CT molecular complexity index is 313. The van der Waals surface area contributed by atoms with E-state index < -0.39 is 0 Å². The molecular formula is C12H24N4O. The molecule has 0 fully saturated rings. The van der Waals surface area contributed by atoms with E-state index in [0.29, 0.717) is 0 Å². The Morgan fingerprint density at radius 1 is 1.47 bits per heavy atom. The summed E-state index contributed by atoms with van der Waals surface area (Å²) in [5, 5.41) is 0. The molecule has 0 spiro atoms. The van der Waals surface area contributed by atoms with E-state index in [1.165, 1.54) is 0 Å². The molecule has 0 saturated heterocycles. The van der Waals surface area contributed by atoms with Gasteiger partial charge in [0.05, 0.1) is 6.10 Å². The molecule has 0 aliphatic heterocycles. The summed E-state index contributed by atoms with van der Waals surface area (Å²) in [5.74, 6) is 6.61. The summed E-state index contributed by atoms with van der Waals surface area (Å²) in [7, 11) is 1.72. The van der Waals surface area contributed by atoms with Crippen molar-refractivity contribution in [2.24, 2.45) is 5.84 Å². The quantitative estimate of drug-likeness (QED) is 0.535. The van der Waals surface area contributed by atoms with Crippen molar-refractivity contribution in [3.05, 3.63) is 18.2 Å². The largest absolute Gasteiger partial charge is 0.379 e. The van der Waals surface area contributed by atoms with Gasteiger partial charge in [-0.3, -0.25) is 5.84 Å². The minimum atomic E-state index is -0.0542. The number of hydrazine groups is 1. The normalized spacial score (nSPS) is 14.8. The Morgan fingerprint density at radius 3 is 2.76 bits per heavy atom. The topological polar surface area (TPSA) is 65.1 Å². The summed E-state index contributed by atoms with van der Waals surface area (Å²) < 4.78 is 7.64. The van der Waals surface area contributed by atoms with E-state index in [1.54, 1.807) is 7.11 Å². The van der Waals surface area contributed by atoms with E-state index in [-0.39, 0.29) is 12.1 Å². The van der Waals surface area contributed by atoms with Crippen molar-refractivity contribution < 1.29 is 4.74 Å². The summed E-state index contributed by atoms with van der Waals surface area (Å²) in [6.45, 7) is 5.24. The first-order valence-corrected chi connectivity index (χ1v) is 6.28. The second-order valence-electron chi connectivity index (χ2n) is 4.19. The first-order chi connectivity index (χ1) is 8.28. The molecule has 0 amide bonds. The van der Waals surface area contributed by atoms with Gasteiger partial charge >= 0.3 is 0 Å². The Hall–Kier alpha value is -0.910. The molecule has 0 radical (unpaired) electrons.